The Kier molecular flexibility index (Phi) is 6.42. The van der Waals surface area contributed by atoms with E-state index in [1.807, 2.05) is 12.1 Å². The molecule has 3 rings (SSSR count). The van der Waals surface area contributed by atoms with Gasteiger partial charge < -0.3 is 10.2 Å². The molecule has 1 saturated heterocycles. The zero-order valence-corrected chi connectivity index (χ0v) is 15.8. The zero-order valence-electron chi connectivity index (χ0n) is 15.0. The van der Waals surface area contributed by atoms with Gasteiger partial charge in [-0.15, -0.1) is 0 Å². The molecule has 142 valence electrons. The van der Waals surface area contributed by atoms with E-state index in [-0.39, 0.29) is 22.2 Å². The number of carbonyl (C=O) groups excluding carboxylic acids is 1. The predicted octanol–water partition coefficient (Wildman–Crippen LogP) is 2.75. The first-order valence-corrected chi connectivity index (χ1v) is 9.54. The van der Waals surface area contributed by atoms with Gasteiger partial charge in [-0.25, -0.2) is 0 Å². The third kappa shape index (κ3) is 5.28. The molecule has 1 fully saturated rings. The van der Waals surface area contributed by atoms with Gasteiger partial charge in [-0.1, -0.05) is 35.9 Å². The Morgan fingerprint density at radius 3 is 2.37 bits per heavy atom. The molecule has 1 aliphatic rings. The summed E-state index contributed by atoms with van der Waals surface area (Å²) < 4.78 is 0. The first kappa shape index (κ1) is 19.3. The Morgan fingerprint density at radius 1 is 1.07 bits per heavy atom. The molecule has 0 aliphatic carbocycles. The van der Waals surface area contributed by atoms with Crippen molar-refractivity contribution in [3.63, 3.8) is 0 Å². The summed E-state index contributed by atoms with van der Waals surface area (Å²) in [5.41, 5.74) is 2.40. The van der Waals surface area contributed by atoms with E-state index in [1.165, 1.54) is 56.1 Å². The third-order valence-electron chi connectivity index (χ3n) is 4.90. The highest BCUT2D eigenvalue weighted by atomic mass is 35.5. The van der Waals surface area contributed by atoms with Crippen LogP contribution in [0.4, 0.5) is 5.69 Å². The normalized spacial score (nSPS) is 14.7. The second kappa shape index (κ2) is 8.97. The fourth-order valence-electron chi connectivity index (χ4n) is 3.37. The number of nitrogens with zero attached hydrogens (tertiary/aromatic N) is 1. The molecule has 2 aromatic carbocycles. The molecule has 2 N–H and O–H groups in total. The molecular formula is C20H23ClN3O3+. The van der Waals surface area contributed by atoms with Gasteiger partial charge in [0.25, 0.3) is 11.6 Å². The Morgan fingerprint density at radius 2 is 1.74 bits per heavy atom. The molecule has 7 heteroatoms. The first-order chi connectivity index (χ1) is 13.0. The summed E-state index contributed by atoms with van der Waals surface area (Å²) in [5.74, 6) is -0.350. The Bertz CT molecular complexity index is 818. The highest BCUT2D eigenvalue weighted by Gasteiger charge is 2.15. The van der Waals surface area contributed by atoms with Crippen LogP contribution in [0.1, 0.15) is 40.7 Å². The topological polar surface area (TPSA) is 76.7 Å². The van der Waals surface area contributed by atoms with Gasteiger partial charge in [-0.3, -0.25) is 14.9 Å². The third-order valence-corrected chi connectivity index (χ3v) is 5.21. The van der Waals surface area contributed by atoms with Crippen LogP contribution in [0.5, 0.6) is 0 Å². The standard InChI is InChI=1S/C20H22ClN3O3/c21-19-12-17(24(26)27)8-9-18(19)20(25)22-13-15-4-6-16(7-5-15)14-23-10-2-1-3-11-23/h4-9,12H,1-3,10-11,13-14H2,(H,22,25)/p+1. The monoisotopic (exact) mass is 388 g/mol. The number of hydrogen-bond donors (Lipinski definition) is 2. The van der Waals surface area contributed by atoms with Crippen molar-refractivity contribution in [1.82, 2.24) is 5.32 Å². The SMILES string of the molecule is O=C(NCc1ccc(C[NH+]2CCCCC2)cc1)c1ccc([N+](=O)[O-])cc1Cl. The summed E-state index contributed by atoms with van der Waals surface area (Å²) >= 11 is 6.00. The maximum absolute atomic E-state index is 12.3. The lowest BCUT2D eigenvalue weighted by molar-refractivity contribution is -0.918. The lowest BCUT2D eigenvalue weighted by Crippen LogP contribution is -3.11. The molecule has 27 heavy (non-hydrogen) atoms. The minimum atomic E-state index is -0.541. The minimum Gasteiger partial charge on any atom is -0.348 e. The number of hydrogen-bond acceptors (Lipinski definition) is 3. The van der Waals surface area contributed by atoms with Gasteiger partial charge in [-0.2, -0.15) is 0 Å². The summed E-state index contributed by atoms with van der Waals surface area (Å²) in [6.07, 6.45) is 3.97. The predicted molar refractivity (Wildman–Crippen MR) is 104 cm³/mol. The van der Waals surface area contributed by atoms with Crippen LogP contribution in [0.2, 0.25) is 5.02 Å². The fourth-order valence-corrected chi connectivity index (χ4v) is 3.63. The molecule has 6 nitrogen and oxygen atoms in total. The number of rotatable bonds is 6. The van der Waals surface area contributed by atoms with E-state index in [1.54, 1.807) is 4.90 Å². The van der Waals surface area contributed by atoms with Crippen molar-refractivity contribution in [2.45, 2.75) is 32.4 Å². The Hall–Kier alpha value is -2.44. The number of non-ortho nitro benzene ring substituents is 1. The molecular weight excluding hydrogens is 366 g/mol. The van der Waals surface area contributed by atoms with Crippen LogP contribution in [-0.2, 0) is 13.1 Å². The minimum absolute atomic E-state index is 0.0709. The van der Waals surface area contributed by atoms with Gasteiger partial charge in [0, 0.05) is 24.2 Å². The van der Waals surface area contributed by atoms with Gasteiger partial charge in [-0.05, 0) is 30.9 Å². The fraction of sp³-hybridized carbons (Fsp3) is 0.350. The van der Waals surface area contributed by atoms with Crippen LogP contribution in [-0.4, -0.2) is 23.9 Å². The number of nitro benzene ring substituents is 1. The van der Waals surface area contributed by atoms with Gasteiger partial charge in [0.15, 0.2) is 0 Å². The van der Waals surface area contributed by atoms with Crippen LogP contribution in [0.15, 0.2) is 42.5 Å². The number of piperidine rings is 1. The zero-order chi connectivity index (χ0) is 19.2. The summed E-state index contributed by atoms with van der Waals surface area (Å²) in [6, 6.07) is 12.1. The highest BCUT2D eigenvalue weighted by Crippen LogP contribution is 2.22. The average Bonchev–Trinajstić information content (AvgIpc) is 2.68. The van der Waals surface area contributed by atoms with Crippen LogP contribution in [0.25, 0.3) is 0 Å². The van der Waals surface area contributed by atoms with E-state index in [0.29, 0.717) is 6.54 Å². The number of halogens is 1. The Balaban J connectivity index is 1.55. The largest absolute Gasteiger partial charge is 0.348 e. The molecule has 0 saturated carbocycles. The molecule has 2 aromatic rings. The van der Waals surface area contributed by atoms with Crippen molar-refractivity contribution in [2.75, 3.05) is 13.1 Å². The van der Waals surface area contributed by atoms with Crippen molar-refractivity contribution < 1.29 is 14.6 Å². The smallest absolute Gasteiger partial charge is 0.270 e. The van der Waals surface area contributed by atoms with E-state index in [0.717, 1.165) is 12.1 Å². The molecule has 0 atom stereocenters. The number of quaternary nitrogens is 1. The second-order valence-corrected chi connectivity index (χ2v) is 7.32. The summed E-state index contributed by atoms with van der Waals surface area (Å²) in [4.78, 5) is 24.1. The van der Waals surface area contributed by atoms with Gasteiger partial charge in [0.2, 0.25) is 0 Å². The molecule has 0 unspecified atom stereocenters. The van der Waals surface area contributed by atoms with E-state index in [9.17, 15) is 14.9 Å². The molecule has 1 amide bonds. The second-order valence-electron chi connectivity index (χ2n) is 6.91. The van der Waals surface area contributed by atoms with E-state index < -0.39 is 4.92 Å². The molecule has 1 heterocycles. The number of benzene rings is 2. The van der Waals surface area contributed by atoms with Crippen molar-refractivity contribution in [1.29, 1.82) is 0 Å². The lowest BCUT2D eigenvalue weighted by atomic mass is 10.1. The number of carbonyl (C=O) groups is 1. The summed E-state index contributed by atoms with van der Waals surface area (Å²) in [7, 11) is 0. The summed E-state index contributed by atoms with van der Waals surface area (Å²) in [5, 5.41) is 13.6. The van der Waals surface area contributed by atoms with E-state index >= 15 is 0 Å². The van der Waals surface area contributed by atoms with E-state index in [4.69, 9.17) is 11.6 Å². The highest BCUT2D eigenvalue weighted by molar-refractivity contribution is 6.34. The van der Waals surface area contributed by atoms with Gasteiger partial charge in [0.05, 0.1) is 28.6 Å². The van der Waals surface area contributed by atoms with Crippen LogP contribution < -0.4 is 10.2 Å². The maximum Gasteiger partial charge on any atom is 0.270 e. The lowest BCUT2D eigenvalue weighted by Gasteiger charge is -2.23. The molecule has 0 radical (unpaired) electrons. The van der Waals surface area contributed by atoms with Gasteiger partial charge >= 0.3 is 0 Å². The van der Waals surface area contributed by atoms with Crippen LogP contribution in [0, 0.1) is 10.1 Å². The van der Waals surface area contributed by atoms with E-state index in [2.05, 4.69) is 17.4 Å². The van der Waals surface area contributed by atoms with Crippen molar-refractivity contribution >= 4 is 23.2 Å². The van der Waals surface area contributed by atoms with Crippen molar-refractivity contribution in [2.24, 2.45) is 0 Å². The average molecular weight is 389 g/mol. The molecule has 1 aliphatic heterocycles. The quantitative estimate of drug-likeness (QED) is 0.590. The van der Waals surface area contributed by atoms with Crippen LogP contribution in [0.3, 0.4) is 0 Å². The molecule has 0 spiro atoms. The van der Waals surface area contributed by atoms with Crippen molar-refractivity contribution in [3.8, 4) is 0 Å². The molecule has 0 bridgehead atoms. The number of nitro groups is 1. The van der Waals surface area contributed by atoms with Gasteiger partial charge in [0.1, 0.15) is 6.54 Å². The van der Waals surface area contributed by atoms with Crippen LogP contribution >= 0.6 is 11.6 Å². The maximum atomic E-state index is 12.3. The first-order valence-electron chi connectivity index (χ1n) is 9.16. The number of nitrogens with one attached hydrogen (secondary N) is 2. The number of amides is 1. The molecule has 0 aromatic heterocycles. The summed E-state index contributed by atoms with van der Waals surface area (Å²) in [6.45, 7) is 3.91. The van der Waals surface area contributed by atoms with Crippen molar-refractivity contribution in [3.05, 3.63) is 74.3 Å². The Labute approximate surface area is 163 Å². The number of likely N-dealkylation sites (tertiary alicyclic amines) is 1.